The SMILES string of the molecule is Cc1cc(S(=O)C(F)(F)C(F)(F)C(F)(F)F)cc(C)c1NC(=O)c1cccc(N=C=O)c1. The van der Waals surface area contributed by atoms with Crippen molar-refractivity contribution < 1.29 is 44.5 Å². The average molecular weight is 482 g/mol. The van der Waals surface area contributed by atoms with Crippen molar-refractivity contribution in [2.45, 2.75) is 36.1 Å². The van der Waals surface area contributed by atoms with Gasteiger partial charge < -0.3 is 5.32 Å². The van der Waals surface area contributed by atoms with Crippen LogP contribution in [0, 0.1) is 13.8 Å². The molecule has 2 aromatic carbocycles. The van der Waals surface area contributed by atoms with Crippen molar-refractivity contribution in [1.82, 2.24) is 0 Å². The summed E-state index contributed by atoms with van der Waals surface area (Å²) in [6.07, 6.45) is -5.32. The molecule has 0 aromatic heterocycles. The molecule has 1 atom stereocenters. The molecule has 172 valence electrons. The van der Waals surface area contributed by atoms with Crippen LogP contribution in [-0.4, -0.2) is 33.5 Å². The third kappa shape index (κ3) is 4.73. The molecule has 2 aromatic rings. The number of halogens is 7. The van der Waals surface area contributed by atoms with Gasteiger partial charge in [-0.25, -0.2) is 9.00 Å². The molecule has 0 spiro atoms. The average Bonchev–Trinajstić information content (AvgIpc) is 2.69. The molecule has 0 aliphatic carbocycles. The summed E-state index contributed by atoms with van der Waals surface area (Å²) >= 11 is 0. The highest BCUT2D eigenvalue weighted by molar-refractivity contribution is 7.86. The molecule has 0 bridgehead atoms. The van der Waals surface area contributed by atoms with E-state index in [0.717, 1.165) is 0 Å². The summed E-state index contributed by atoms with van der Waals surface area (Å²) in [6, 6.07) is 6.87. The van der Waals surface area contributed by atoms with E-state index in [1.807, 2.05) is 0 Å². The molecule has 1 N–H and O–H groups in total. The van der Waals surface area contributed by atoms with Gasteiger partial charge in [0.15, 0.2) is 0 Å². The molecule has 2 rings (SSSR count). The van der Waals surface area contributed by atoms with Gasteiger partial charge in [0.2, 0.25) is 6.08 Å². The Morgan fingerprint density at radius 1 is 1.00 bits per heavy atom. The number of rotatable bonds is 6. The molecule has 0 aliphatic rings. The molecular weight excluding hydrogens is 469 g/mol. The molecule has 0 saturated heterocycles. The van der Waals surface area contributed by atoms with Crippen LogP contribution < -0.4 is 5.32 Å². The lowest BCUT2D eigenvalue weighted by atomic mass is 10.1. The molecule has 32 heavy (non-hydrogen) atoms. The zero-order valence-corrected chi connectivity index (χ0v) is 17.0. The maximum Gasteiger partial charge on any atom is 0.461 e. The Bertz CT molecular complexity index is 1100. The summed E-state index contributed by atoms with van der Waals surface area (Å²) in [5.74, 6) is -7.25. The van der Waals surface area contributed by atoms with Gasteiger partial charge in [-0.05, 0) is 55.3 Å². The van der Waals surface area contributed by atoms with Crippen molar-refractivity contribution >= 4 is 34.2 Å². The predicted molar refractivity (Wildman–Crippen MR) is 100 cm³/mol. The molecule has 1 amide bonds. The molecule has 0 aliphatic heterocycles. The van der Waals surface area contributed by atoms with E-state index >= 15 is 0 Å². The van der Waals surface area contributed by atoms with Crippen LogP contribution in [0.1, 0.15) is 21.5 Å². The molecule has 0 fully saturated rings. The number of nitrogens with one attached hydrogen (secondary N) is 1. The Kier molecular flexibility index (Phi) is 6.96. The van der Waals surface area contributed by atoms with Crippen molar-refractivity contribution in [3.05, 3.63) is 53.1 Å². The highest BCUT2D eigenvalue weighted by Crippen LogP contribution is 2.49. The van der Waals surface area contributed by atoms with Crippen LogP contribution in [-0.2, 0) is 15.6 Å². The predicted octanol–water partition coefficient (Wildman–Crippen LogP) is 5.42. The third-order valence-electron chi connectivity index (χ3n) is 4.20. The van der Waals surface area contributed by atoms with Gasteiger partial charge >= 0.3 is 17.4 Å². The second kappa shape index (κ2) is 8.83. The number of isocyanates is 1. The van der Waals surface area contributed by atoms with Gasteiger partial charge in [-0.3, -0.25) is 4.79 Å². The van der Waals surface area contributed by atoms with Crippen LogP contribution in [0.3, 0.4) is 0 Å². The molecule has 0 radical (unpaired) electrons. The minimum absolute atomic E-state index is 0.0186. The van der Waals surface area contributed by atoms with Crippen LogP contribution in [0.15, 0.2) is 46.3 Å². The van der Waals surface area contributed by atoms with E-state index in [0.29, 0.717) is 12.1 Å². The van der Waals surface area contributed by atoms with Crippen LogP contribution in [0.5, 0.6) is 0 Å². The number of alkyl halides is 7. The lowest BCUT2D eigenvalue weighted by Crippen LogP contribution is -2.54. The summed E-state index contributed by atoms with van der Waals surface area (Å²) in [4.78, 5) is 25.1. The summed E-state index contributed by atoms with van der Waals surface area (Å²) < 4.78 is 103. The number of carbonyl (C=O) groups excluding carboxylic acids is 2. The van der Waals surface area contributed by atoms with E-state index in [1.54, 1.807) is 0 Å². The molecular formula is C19H13F7N2O3S. The standard InChI is InChI=1S/C19H13F7N2O3S/c1-10-6-14(32(31)19(25,26)17(20,21)18(22,23)24)7-11(2)15(10)28-16(30)12-4-3-5-13(8-12)27-9-29/h3-8H,1-2H3,(H,28,30). The van der Waals surface area contributed by atoms with Gasteiger partial charge in [0.1, 0.15) is 10.8 Å². The fourth-order valence-electron chi connectivity index (χ4n) is 2.61. The minimum atomic E-state index is -6.62. The fraction of sp³-hybridized carbons (Fsp3) is 0.263. The number of aryl methyl sites for hydroxylation is 2. The first-order chi connectivity index (χ1) is 14.6. The van der Waals surface area contributed by atoms with E-state index in [9.17, 15) is 44.5 Å². The lowest BCUT2D eigenvalue weighted by molar-refractivity contribution is -0.331. The normalized spacial score (nSPS) is 13.3. The van der Waals surface area contributed by atoms with Crippen molar-refractivity contribution in [3.8, 4) is 0 Å². The number of hydrogen-bond acceptors (Lipinski definition) is 4. The second-order valence-corrected chi connectivity index (χ2v) is 8.02. The smallest absolute Gasteiger partial charge is 0.322 e. The van der Waals surface area contributed by atoms with Gasteiger partial charge in [-0.2, -0.15) is 35.7 Å². The van der Waals surface area contributed by atoms with Crippen LogP contribution >= 0.6 is 0 Å². The molecule has 0 saturated carbocycles. The summed E-state index contributed by atoms with van der Waals surface area (Å²) in [7, 11) is -4.06. The van der Waals surface area contributed by atoms with E-state index in [4.69, 9.17) is 0 Å². The zero-order chi connectivity index (χ0) is 24.5. The topological polar surface area (TPSA) is 75.6 Å². The fourth-order valence-corrected chi connectivity index (χ4v) is 3.82. The molecule has 5 nitrogen and oxygen atoms in total. The first-order valence-corrected chi connectivity index (χ1v) is 9.63. The Morgan fingerprint density at radius 2 is 1.56 bits per heavy atom. The number of aliphatic imine (C=N–C) groups is 1. The Labute approximate surface area is 178 Å². The first kappa shape index (κ1) is 25.2. The summed E-state index contributed by atoms with van der Waals surface area (Å²) in [5, 5.41) is -3.51. The second-order valence-electron chi connectivity index (χ2n) is 6.50. The highest BCUT2D eigenvalue weighted by atomic mass is 32.2. The summed E-state index contributed by atoms with van der Waals surface area (Å²) in [6.45, 7) is 2.49. The van der Waals surface area contributed by atoms with Gasteiger partial charge in [0, 0.05) is 16.1 Å². The van der Waals surface area contributed by atoms with Gasteiger partial charge in [-0.15, -0.1) is 0 Å². The van der Waals surface area contributed by atoms with E-state index in [1.165, 1.54) is 44.2 Å². The van der Waals surface area contributed by atoms with Crippen molar-refractivity contribution in [2.24, 2.45) is 4.99 Å². The van der Waals surface area contributed by atoms with Gasteiger partial charge in [-0.1, -0.05) is 6.07 Å². The number of carbonyl (C=O) groups is 1. The van der Waals surface area contributed by atoms with Gasteiger partial charge in [0.25, 0.3) is 5.91 Å². The van der Waals surface area contributed by atoms with Crippen LogP contribution in [0.4, 0.5) is 42.1 Å². The van der Waals surface area contributed by atoms with Crippen molar-refractivity contribution in [3.63, 3.8) is 0 Å². The number of benzene rings is 2. The van der Waals surface area contributed by atoms with Crippen molar-refractivity contribution in [2.75, 3.05) is 5.32 Å². The highest BCUT2D eigenvalue weighted by Gasteiger charge is 2.76. The van der Waals surface area contributed by atoms with Gasteiger partial charge in [0.05, 0.1) is 5.69 Å². The maximum absolute atomic E-state index is 13.8. The molecule has 1 unspecified atom stereocenters. The zero-order valence-electron chi connectivity index (χ0n) is 16.2. The van der Waals surface area contributed by atoms with Crippen LogP contribution in [0.25, 0.3) is 0 Å². The quantitative estimate of drug-likeness (QED) is 0.339. The first-order valence-electron chi connectivity index (χ1n) is 8.48. The number of amides is 1. The Morgan fingerprint density at radius 3 is 2.06 bits per heavy atom. The number of hydrogen-bond donors (Lipinski definition) is 1. The summed E-state index contributed by atoms with van der Waals surface area (Å²) in [5.41, 5.74) is 0.166. The molecule has 0 heterocycles. The van der Waals surface area contributed by atoms with Crippen molar-refractivity contribution in [1.29, 1.82) is 0 Å². The van der Waals surface area contributed by atoms with E-state index < -0.39 is 39.0 Å². The van der Waals surface area contributed by atoms with E-state index in [-0.39, 0.29) is 28.1 Å². The Hall–Kier alpha value is -3.05. The number of anilines is 1. The molecule has 13 heteroatoms. The van der Waals surface area contributed by atoms with Crippen LogP contribution in [0.2, 0.25) is 0 Å². The third-order valence-corrected chi connectivity index (χ3v) is 5.58. The van der Waals surface area contributed by atoms with E-state index in [2.05, 4.69) is 10.3 Å². The maximum atomic E-state index is 13.8. The minimum Gasteiger partial charge on any atom is -0.322 e. The lowest BCUT2D eigenvalue weighted by Gasteiger charge is -2.27. The largest absolute Gasteiger partial charge is 0.461 e. The number of nitrogens with zero attached hydrogens (tertiary/aromatic N) is 1. The Balaban J connectivity index is 2.38. The monoisotopic (exact) mass is 482 g/mol.